The Morgan fingerprint density at radius 2 is 2.12 bits per heavy atom. The van der Waals surface area contributed by atoms with Gasteiger partial charge in [0.25, 0.3) is 0 Å². The molecule has 0 spiro atoms. The minimum absolute atomic E-state index is 0.604. The average molecular weight is 285 g/mol. The van der Waals surface area contributed by atoms with Crippen LogP contribution in [0.3, 0.4) is 0 Å². The van der Waals surface area contributed by atoms with E-state index in [2.05, 4.69) is 36.4 Å². The van der Waals surface area contributed by atoms with Gasteiger partial charge < -0.3 is 4.57 Å². The first-order chi connectivity index (χ1) is 7.70. The zero-order valence-corrected chi connectivity index (χ0v) is 10.8. The standard InChI is InChI=1S/C9H13BrN6/c1-7-11-13-9(15(7)2)6-16-5-8(3-4-10)12-14-16/h5H,3-4,6H2,1-2H3. The molecule has 0 atom stereocenters. The molecule has 0 unspecified atom stereocenters. The molecule has 0 aliphatic rings. The van der Waals surface area contributed by atoms with Crippen LogP contribution < -0.4 is 0 Å². The molecular formula is C9H13BrN6. The highest BCUT2D eigenvalue weighted by Crippen LogP contribution is 2.02. The molecule has 2 aromatic rings. The second-order valence-electron chi connectivity index (χ2n) is 3.57. The number of aryl methyl sites for hydroxylation is 2. The summed E-state index contributed by atoms with van der Waals surface area (Å²) in [7, 11) is 1.95. The Hall–Kier alpha value is -1.24. The van der Waals surface area contributed by atoms with Crippen molar-refractivity contribution in [2.75, 3.05) is 5.33 Å². The molecule has 0 saturated heterocycles. The smallest absolute Gasteiger partial charge is 0.154 e. The fourth-order valence-corrected chi connectivity index (χ4v) is 1.77. The van der Waals surface area contributed by atoms with Crippen molar-refractivity contribution in [3.8, 4) is 0 Å². The van der Waals surface area contributed by atoms with E-state index < -0.39 is 0 Å². The van der Waals surface area contributed by atoms with E-state index in [9.17, 15) is 0 Å². The van der Waals surface area contributed by atoms with Crippen molar-refractivity contribution in [1.29, 1.82) is 0 Å². The molecule has 0 saturated carbocycles. The van der Waals surface area contributed by atoms with Crippen LogP contribution in [0.1, 0.15) is 17.3 Å². The van der Waals surface area contributed by atoms with Gasteiger partial charge in [0.1, 0.15) is 12.4 Å². The molecule has 7 heteroatoms. The SMILES string of the molecule is Cc1nnc(Cn2cc(CCBr)nn2)n1C. The van der Waals surface area contributed by atoms with Crippen molar-refractivity contribution in [1.82, 2.24) is 29.8 Å². The molecule has 0 radical (unpaired) electrons. The zero-order valence-electron chi connectivity index (χ0n) is 9.26. The Morgan fingerprint density at radius 1 is 1.31 bits per heavy atom. The van der Waals surface area contributed by atoms with Gasteiger partial charge in [0, 0.05) is 25.0 Å². The van der Waals surface area contributed by atoms with E-state index in [1.165, 1.54) is 0 Å². The van der Waals surface area contributed by atoms with Crippen LogP contribution >= 0.6 is 15.9 Å². The summed E-state index contributed by atoms with van der Waals surface area (Å²) in [4.78, 5) is 0. The highest BCUT2D eigenvalue weighted by atomic mass is 79.9. The number of hydrogen-bond donors (Lipinski definition) is 0. The van der Waals surface area contributed by atoms with Gasteiger partial charge in [0.2, 0.25) is 0 Å². The third-order valence-corrected chi connectivity index (χ3v) is 2.82. The average Bonchev–Trinajstić information content (AvgIpc) is 2.82. The van der Waals surface area contributed by atoms with Crippen LogP contribution in [0.15, 0.2) is 6.20 Å². The fourth-order valence-electron chi connectivity index (χ4n) is 1.36. The van der Waals surface area contributed by atoms with Gasteiger partial charge in [-0.3, -0.25) is 0 Å². The molecule has 2 aromatic heterocycles. The maximum Gasteiger partial charge on any atom is 0.154 e. The van der Waals surface area contributed by atoms with Gasteiger partial charge in [-0.05, 0) is 6.92 Å². The number of hydrogen-bond acceptors (Lipinski definition) is 4. The van der Waals surface area contributed by atoms with Crippen LogP contribution in [0, 0.1) is 6.92 Å². The molecule has 86 valence electrons. The first-order valence-electron chi connectivity index (χ1n) is 5.00. The second-order valence-corrected chi connectivity index (χ2v) is 4.36. The predicted molar refractivity (Wildman–Crippen MR) is 62.4 cm³/mol. The molecule has 0 N–H and O–H groups in total. The van der Waals surface area contributed by atoms with Crippen molar-refractivity contribution >= 4 is 15.9 Å². The predicted octanol–water partition coefficient (Wildman–Crippen LogP) is 0.701. The fraction of sp³-hybridized carbons (Fsp3) is 0.556. The third-order valence-electron chi connectivity index (χ3n) is 2.42. The molecular weight excluding hydrogens is 272 g/mol. The quantitative estimate of drug-likeness (QED) is 0.776. The monoisotopic (exact) mass is 284 g/mol. The molecule has 6 nitrogen and oxygen atoms in total. The Labute approximate surface area is 102 Å². The van der Waals surface area contributed by atoms with Crippen LogP contribution in [0.25, 0.3) is 0 Å². The highest BCUT2D eigenvalue weighted by molar-refractivity contribution is 9.09. The van der Waals surface area contributed by atoms with E-state index >= 15 is 0 Å². The van der Waals surface area contributed by atoms with Gasteiger partial charge in [-0.25, -0.2) is 4.68 Å². The summed E-state index contributed by atoms with van der Waals surface area (Å²) in [5.41, 5.74) is 0.982. The van der Waals surface area contributed by atoms with Crippen LogP contribution in [0.4, 0.5) is 0 Å². The van der Waals surface area contributed by atoms with Gasteiger partial charge in [0.15, 0.2) is 5.82 Å². The Kier molecular flexibility index (Phi) is 3.33. The third kappa shape index (κ3) is 2.29. The maximum atomic E-state index is 4.08. The Morgan fingerprint density at radius 3 is 2.75 bits per heavy atom. The highest BCUT2D eigenvalue weighted by Gasteiger charge is 2.07. The minimum atomic E-state index is 0.604. The van der Waals surface area contributed by atoms with E-state index in [0.717, 1.165) is 29.1 Å². The first-order valence-corrected chi connectivity index (χ1v) is 6.12. The molecule has 2 rings (SSSR count). The Balaban J connectivity index is 2.11. The van der Waals surface area contributed by atoms with Crippen LogP contribution in [0.5, 0.6) is 0 Å². The summed E-state index contributed by atoms with van der Waals surface area (Å²) >= 11 is 3.37. The summed E-state index contributed by atoms with van der Waals surface area (Å²) in [5, 5.41) is 17.1. The molecule has 16 heavy (non-hydrogen) atoms. The van der Waals surface area contributed by atoms with Gasteiger partial charge in [-0.1, -0.05) is 21.1 Å². The van der Waals surface area contributed by atoms with Gasteiger partial charge in [-0.15, -0.1) is 15.3 Å². The zero-order chi connectivity index (χ0) is 11.5. The second kappa shape index (κ2) is 4.73. The molecule has 0 aromatic carbocycles. The van der Waals surface area contributed by atoms with Gasteiger partial charge in [0.05, 0.1) is 5.69 Å². The van der Waals surface area contributed by atoms with E-state index in [1.54, 1.807) is 4.68 Å². The van der Waals surface area contributed by atoms with Gasteiger partial charge >= 0.3 is 0 Å². The summed E-state index contributed by atoms with van der Waals surface area (Å²) in [6.45, 7) is 2.53. The molecule has 0 fully saturated rings. The normalized spacial score (nSPS) is 10.9. The van der Waals surface area contributed by atoms with Crippen molar-refractivity contribution in [3.05, 3.63) is 23.5 Å². The van der Waals surface area contributed by atoms with E-state index in [1.807, 2.05) is 24.7 Å². The molecule has 0 amide bonds. The van der Waals surface area contributed by atoms with E-state index in [4.69, 9.17) is 0 Å². The van der Waals surface area contributed by atoms with Gasteiger partial charge in [-0.2, -0.15) is 0 Å². The summed E-state index contributed by atoms with van der Waals surface area (Å²) in [6, 6.07) is 0. The van der Waals surface area contributed by atoms with Crippen LogP contribution in [-0.2, 0) is 20.0 Å². The summed E-state index contributed by atoms with van der Waals surface area (Å²) in [6.07, 6.45) is 2.82. The topological polar surface area (TPSA) is 61.4 Å². The lowest BCUT2D eigenvalue weighted by Gasteiger charge is -2.00. The first kappa shape index (κ1) is 11.3. The van der Waals surface area contributed by atoms with E-state index in [0.29, 0.717) is 6.54 Å². The lowest BCUT2D eigenvalue weighted by atomic mass is 10.4. The van der Waals surface area contributed by atoms with E-state index in [-0.39, 0.29) is 0 Å². The van der Waals surface area contributed by atoms with Crippen molar-refractivity contribution < 1.29 is 0 Å². The maximum absolute atomic E-state index is 4.08. The number of nitrogens with zero attached hydrogens (tertiary/aromatic N) is 6. The van der Waals surface area contributed by atoms with Crippen LogP contribution in [-0.4, -0.2) is 35.1 Å². The number of rotatable bonds is 4. The minimum Gasteiger partial charge on any atom is -0.317 e. The largest absolute Gasteiger partial charge is 0.317 e. The van der Waals surface area contributed by atoms with Crippen LogP contribution in [0.2, 0.25) is 0 Å². The summed E-state index contributed by atoms with van der Waals surface area (Å²) in [5.74, 6) is 1.78. The molecule has 0 aliphatic heterocycles. The molecule has 0 bridgehead atoms. The number of alkyl halides is 1. The lowest BCUT2D eigenvalue weighted by Crippen LogP contribution is -2.07. The molecule has 0 aliphatic carbocycles. The summed E-state index contributed by atoms with van der Waals surface area (Å²) < 4.78 is 3.73. The number of halogens is 1. The Bertz CT molecular complexity index is 474. The number of aromatic nitrogens is 6. The van der Waals surface area contributed by atoms with Crippen molar-refractivity contribution in [2.24, 2.45) is 7.05 Å². The van der Waals surface area contributed by atoms with Crippen molar-refractivity contribution in [3.63, 3.8) is 0 Å². The van der Waals surface area contributed by atoms with Crippen molar-refractivity contribution in [2.45, 2.75) is 19.9 Å². The lowest BCUT2D eigenvalue weighted by molar-refractivity contribution is 0.603. The molecule has 2 heterocycles.